The van der Waals surface area contributed by atoms with Crippen LogP contribution in [0.5, 0.6) is 11.5 Å². The van der Waals surface area contributed by atoms with E-state index in [0.717, 1.165) is 22.7 Å². The van der Waals surface area contributed by atoms with Gasteiger partial charge < -0.3 is 14.8 Å². The molecule has 92 valence electrons. The van der Waals surface area contributed by atoms with Crippen molar-refractivity contribution < 1.29 is 13.9 Å². The molecule has 2 aromatic carbocycles. The van der Waals surface area contributed by atoms with E-state index < -0.39 is 0 Å². The molecule has 0 aromatic heterocycles. The second-order valence-electron chi connectivity index (χ2n) is 4.05. The Labute approximate surface area is 104 Å². The second kappa shape index (κ2) is 4.56. The molecule has 1 heterocycles. The van der Waals surface area contributed by atoms with Crippen LogP contribution in [-0.4, -0.2) is 6.79 Å². The standard InChI is InChI=1S/C14H12FNO2/c15-11-2-4-12(5-3-11)16-8-10-1-6-13-14(7-10)18-9-17-13/h1-7,16H,8-9H2. The first kappa shape index (κ1) is 10.9. The maximum Gasteiger partial charge on any atom is 0.231 e. The first-order valence-electron chi connectivity index (χ1n) is 5.69. The van der Waals surface area contributed by atoms with Gasteiger partial charge in [-0.1, -0.05) is 6.07 Å². The Morgan fingerprint density at radius 3 is 2.61 bits per heavy atom. The van der Waals surface area contributed by atoms with Crippen molar-refractivity contribution in [3.05, 3.63) is 53.8 Å². The van der Waals surface area contributed by atoms with Crippen molar-refractivity contribution in [1.82, 2.24) is 0 Å². The molecule has 0 fully saturated rings. The van der Waals surface area contributed by atoms with E-state index in [1.54, 1.807) is 12.1 Å². The average Bonchev–Trinajstić information content (AvgIpc) is 2.85. The van der Waals surface area contributed by atoms with E-state index in [0.29, 0.717) is 6.54 Å². The van der Waals surface area contributed by atoms with Gasteiger partial charge in [0.2, 0.25) is 6.79 Å². The number of rotatable bonds is 3. The molecule has 1 aliphatic heterocycles. The van der Waals surface area contributed by atoms with Gasteiger partial charge in [0.15, 0.2) is 11.5 Å². The summed E-state index contributed by atoms with van der Waals surface area (Å²) in [5.74, 6) is 1.32. The quantitative estimate of drug-likeness (QED) is 0.901. The number of anilines is 1. The summed E-state index contributed by atoms with van der Waals surface area (Å²) in [4.78, 5) is 0. The highest BCUT2D eigenvalue weighted by Crippen LogP contribution is 2.32. The minimum absolute atomic E-state index is 0.233. The van der Waals surface area contributed by atoms with Crippen molar-refractivity contribution in [2.45, 2.75) is 6.54 Å². The predicted octanol–water partition coefficient (Wildman–Crippen LogP) is 3.17. The second-order valence-corrected chi connectivity index (χ2v) is 4.05. The summed E-state index contributed by atoms with van der Waals surface area (Å²) in [5.41, 5.74) is 1.97. The Morgan fingerprint density at radius 2 is 1.78 bits per heavy atom. The number of ether oxygens (including phenoxy) is 2. The fraction of sp³-hybridized carbons (Fsp3) is 0.143. The van der Waals surface area contributed by atoms with Crippen LogP contribution >= 0.6 is 0 Å². The average molecular weight is 245 g/mol. The van der Waals surface area contributed by atoms with Crippen molar-refractivity contribution in [1.29, 1.82) is 0 Å². The van der Waals surface area contributed by atoms with Gasteiger partial charge in [-0.05, 0) is 42.0 Å². The molecule has 0 saturated heterocycles. The van der Waals surface area contributed by atoms with E-state index in [1.165, 1.54) is 12.1 Å². The summed E-state index contributed by atoms with van der Waals surface area (Å²) in [5, 5.41) is 3.22. The number of nitrogens with one attached hydrogen (secondary N) is 1. The summed E-state index contributed by atoms with van der Waals surface area (Å²) in [7, 11) is 0. The zero-order chi connectivity index (χ0) is 12.4. The van der Waals surface area contributed by atoms with Gasteiger partial charge in [-0.3, -0.25) is 0 Å². The molecule has 18 heavy (non-hydrogen) atoms. The van der Waals surface area contributed by atoms with Crippen LogP contribution < -0.4 is 14.8 Å². The van der Waals surface area contributed by atoms with Gasteiger partial charge in [0.25, 0.3) is 0 Å². The smallest absolute Gasteiger partial charge is 0.231 e. The van der Waals surface area contributed by atoms with Crippen LogP contribution in [0.1, 0.15) is 5.56 Å². The molecule has 0 atom stereocenters. The summed E-state index contributed by atoms with van der Waals surface area (Å²) in [6, 6.07) is 12.1. The molecule has 0 saturated carbocycles. The molecule has 0 amide bonds. The number of fused-ring (bicyclic) bond motifs is 1. The highest BCUT2D eigenvalue weighted by Gasteiger charge is 2.12. The van der Waals surface area contributed by atoms with Crippen LogP contribution in [0, 0.1) is 5.82 Å². The van der Waals surface area contributed by atoms with Gasteiger partial charge in [0.05, 0.1) is 0 Å². The maximum absolute atomic E-state index is 12.7. The van der Waals surface area contributed by atoms with E-state index in [9.17, 15) is 4.39 Å². The number of hydrogen-bond acceptors (Lipinski definition) is 3. The molecule has 0 spiro atoms. The highest BCUT2D eigenvalue weighted by atomic mass is 19.1. The van der Waals surface area contributed by atoms with Gasteiger partial charge >= 0.3 is 0 Å². The van der Waals surface area contributed by atoms with Crippen LogP contribution in [0.4, 0.5) is 10.1 Å². The molecule has 2 aromatic rings. The third kappa shape index (κ3) is 2.22. The van der Waals surface area contributed by atoms with Crippen LogP contribution in [0.2, 0.25) is 0 Å². The van der Waals surface area contributed by atoms with Crippen molar-refractivity contribution in [3.8, 4) is 11.5 Å². The summed E-state index contributed by atoms with van der Waals surface area (Å²) < 4.78 is 23.3. The fourth-order valence-corrected chi connectivity index (χ4v) is 1.82. The molecule has 3 nitrogen and oxygen atoms in total. The molecule has 3 rings (SSSR count). The molecule has 1 N–H and O–H groups in total. The Kier molecular flexibility index (Phi) is 2.76. The number of benzene rings is 2. The lowest BCUT2D eigenvalue weighted by Gasteiger charge is -2.07. The molecule has 0 unspecified atom stereocenters. The van der Waals surface area contributed by atoms with E-state index >= 15 is 0 Å². The predicted molar refractivity (Wildman–Crippen MR) is 66.3 cm³/mol. The third-order valence-electron chi connectivity index (χ3n) is 2.78. The topological polar surface area (TPSA) is 30.5 Å². The Bertz CT molecular complexity index is 554. The minimum Gasteiger partial charge on any atom is -0.454 e. The van der Waals surface area contributed by atoms with E-state index in [1.807, 2.05) is 18.2 Å². The van der Waals surface area contributed by atoms with Crippen molar-refractivity contribution in [2.24, 2.45) is 0 Å². The molecule has 0 aliphatic carbocycles. The first-order chi connectivity index (χ1) is 8.81. The summed E-state index contributed by atoms with van der Waals surface area (Å²) in [6.45, 7) is 0.937. The van der Waals surface area contributed by atoms with E-state index in [4.69, 9.17) is 9.47 Å². The van der Waals surface area contributed by atoms with E-state index in [2.05, 4.69) is 5.32 Å². The Hall–Kier alpha value is -2.23. The zero-order valence-corrected chi connectivity index (χ0v) is 9.65. The van der Waals surface area contributed by atoms with E-state index in [-0.39, 0.29) is 12.6 Å². The normalized spacial score (nSPS) is 12.5. The van der Waals surface area contributed by atoms with Crippen molar-refractivity contribution in [3.63, 3.8) is 0 Å². The SMILES string of the molecule is Fc1ccc(NCc2ccc3c(c2)OCO3)cc1. The maximum atomic E-state index is 12.7. The molecule has 4 heteroatoms. The van der Waals surface area contributed by atoms with Gasteiger partial charge in [-0.2, -0.15) is 0 Å². The number of halogens is 1. The summed E-state index contributed by atoms with van der Waals surface area (Å²) in [6.07, 6.45) is 0. The lowest BCUT2D eigenvalue weighted by molar-refractivity contribution is 0.174. The lowest BCUT2D eigenvalue weighted by atomic mass is 10.2. The van der Waals surface area contributed by atoms with Crippen molar-refractivity contribution >= 4 is 5.69 Å². The lowest BCUT2D eigenvalue weighted by Crippen LogP contribution is -1.99. The van der Waals surface area contributed by atoms with Crippen LogP contribution in [-0.2, 0) is 6.54 Å². The monoisotopic (exact) mass is 245 g/mol. The number of hydrogen-bond donors (Lipinski definition) is 1. The first-order valence-corrected chi connectivity index (χ1v) is 5.69. The van der Waals surface area contributed by atoms with Gasteiger partial charge in [-0.25, -0.2) is 4.39 Å². The van der Waals surface area contributed by atoms with Gasteiger partial charge in [-0.15, -0.1) is 0 Å². The highest BCUT2D eigenvalue weighted by molar-refractivity contribution is 5.47. The molecular formula is C14H12FNO2. The largest absolute Gasteiger partial charge is 0.454 e. The van der Waals surface area contributed by atoms with Crippen LogP contribution in [0.25, 0.3) is 0 Å². The third-order valence-corrected chi connectivity index (χ3v) is 2.78. The van der Waals surface area contributed by atoms with Crippen LogP contribution in [0.15, 0.2) is 42.5 Å². The van der Waals surface area contributed by atoms with Gasteiger partial charge in [0.1, 0.15) is 5.82 Å². The molecular weight excluding hydrogens is 233 g/mol. The zero-order valence-electron chi connectivity index (χ0n) is 9.65. The fourth-order valence-electron chi connectivity index (χ4n) is 1.82. The Morgan fingerprint density at radius 1 is 1.00 bits per heavy atom. The van der Waals surface area contributed by atoms with Crippen molar-refractivity contribution in [2.75, 3.05) is 12.1 Å². The molecule has 0 bridgehead atoms. The van der Waals surface area contributed by atoms with Crippen LogP contribution in [0.3, 0.4) is 0 Å². The minimum atomic E-state index is -0.233. The molecule has 0 radical (unpaired) electrons. The molecule has 1 aliphatic rings. The van der Waals surface area contributed by atoms with Gasteiger partial charge in [0, 0.05) is 12.2 Å². The summed E-state index contributed by atoms with van der Waals surface area (Å²) >= 11 is 0. The Balaban J connectivity index is 1.68.